The van der Waals surface area contributed by atoms with Crippen LogP contribution < -0.4 is 15.0 Å². The van der Waals surface area contributed by atoms with Crippen molar-refractivity contribution in [3.05, 3.63) is 70.0 Å². The lowest BCUT2D eigenvalue weighted by molar-refractivity contribution is -0.384. The second-order valence-electron chi connectivity index (χ2n) is 15.4. The molecule has 0 bridgehead atoms. The molecule has 3 aromatic heterocycles. The second-order valence-corrected chi connectivity index (χ2v) is 21.8. The molecule has 56 heavy (non-hydrogen) atoms. The van der Waals surface area contributed by atoms with Gasteiger partial charge in [0, 0.05) is 68.9 Å². The highest BCUT2D eigenvalue weighted by atomic mass is 32.1. The number of hydrogen-bond acceptors (Lipinski definition) is 12. The Hall–Kier alpha value is -4.41. The van der Waals surface area contributed by atoms with Crippen LogP contribution >= 0.6 is 11.3 Å². The first kappa shape index (κ1) is 42.7. The Balaban J connectivity index is 1.55. The van der Waals surface area contributed by atoms with E-state index in [0.29, 0.717) is 59.0 Å². The normalized spacial score (nSPS) is 12.1. The number of ether oxygens (including phenoxy) is 2. The first-order valence-corrected chi connectivity index (χ1v) is 22.3. The summed E-state index contributed by atoms with van der Waals surface area (Å²) in [4.78, 5) is 30.6. The second kappa shape index (κ2) is 18.7. The maximum Gasteiger partial charge on any atom is 0.294 e. The molecule has 0 aliphatic carbocycles. The van der Waals surface area contributed by atoms with Gasteiger partial charge in [0.15, 0.2) is 8.32 Å². The van der Waals surface area contributed by atoms with Gasteiger partial charge in [-0.05, 0) is 66.1 Å². The van der Waals surface area contributed by atoms with E-state index in [0.717, 1.165) is 40.4 Å². The summed E-state index contributed by atoms with van der Waals surface area (Å²) >= 11 is 1.69. The molecule has 0 aliphatic heterocycles. The van der Waals surface area contributed by atoms with Crippen LogP contribution in [0.2, 0.25) is 16.6 Å². The summed E-state index contributed by atoms with van der Waals surface area (Å²) in [6.07, 6.45) is 3.16. The molecule has 0 atom stereocenters. The summed E-state index contributed by atoms with van der Waals surface area (Å²) in [5, 5.41) is 18.8. The molecule has 0 saturated heterocycles. The highest BCUT2D eigenvalue weighted by Gasteiger charge is 2.44. The molecular formula is C41H58N8O5SSi. The molecule has 5 rings (SSSR count). The molecule has 0 radical (unpaired) electrons. The van der Waals surface area contributed by atoms with Crippen LogP contribution in [0.5, 0.6) is 5.75 Å². The van der Waals surface area contributed by atoms with Gasteiger partial charge in [-0.3, -0.25) is 10.1 Å². The molecule has 0 spiro atoms. The molecule has 3 heterocycles. The van der Waals surface area contributed by atoms with Crippen molar-refractivity contribution in [2.45, 2.75) is 77.7 Å². The van der Waals surface area contributed by atoms with Crippen LogP contribution in [0.25, 0.3) is 32.7 Å². The van der Waals surface area contributed by atoms with Crippen LogP contribution in [0.1, 0.15) is 53.8 Å². The Morgan fingerprint density at radius 3 is 2.34 bits per heavy atom. The number of aryl methyl sites for hydroxylation is 1. The number of nitro benzene ring substituents is 1. The third-order valence-electron chi connectivity index (χ3n) is 10.6. The first-order valence-electron chi connectivity index (χ1n) is 19.2. The van der Waals surface area contributed by atoms with Crippen LogP contribution in [0.3, 0.4) is 0 Å². The van der Waals surface area contributed by atoms with Crippen molar-refractivity contribution in [2.75, 3.05) is 65.3 Å². The van der Waals surface area contributed by atoms with Crippen molar-refractivity contribution in [3.8, 4) is 28.4 Å². The van der Waals surface area contributed by atoms with Gasteiger partial charge in [-0.1, -0.05) is 53.7 Å². The predicted molar refractivity (Wildman–Crippen MR) is 231 cm³/mol. The van der Waals surface area contributed by atoms with Crippen LogP contribution in [-0.4, -0.2) is 92.7 Å². The van der Waals surface area contributed by atoms with Crippen LogP contribution in [0.4, 0.5) is 23.0 Å². The number of nitrogens with one attached hydrogen (secondary N) is 1. The largest absolute Gasteiger partial charge is 0.494 e. The lowest BCUT2D eigenvalue weighted by atomic mass is 10.1. The highest BCUT2D eigenvalue weighted by Crippen LogP contribution is 2.43. The summed E-state index contributed by atoms with van der Waals surface area (Å²) in [7, 11) is 6.96. The van der Waals surface area contributed by atoms with Crippen molar-refractivity contribution < 1.29 is 18.8 Å². The lowest BCUT2D eigenvalue weighted by Crippen LogP contribution is -2.48. The van der Waals surface area contributed by atoms with E-state index in [1.54, 1.807) is 30.7 Å². The number of rotatable bonds is 20. The minimum absolute atomic E-state index is 0.0566. The van der Waals surface area contributed by atoms with Crippen molar-refractivity contribution in [1.82, 2.24) is 24.4 Å². The van der Waals surface area contributed by atoms with Gasteiger partial charge in [-0.25, -0.2) is 15.0 Å². The first-order chi connectivity index (χ1) is 26.7. The Kier molecular flexibility index (Phi) is 14.3. The highest BCUT2D eigenvalue weighted by molar-refractivity contribution is 7.17. The number of nitrogens with zero attached hydrogens (tertiary/aromatic N) is 7. The fraction of sp³-hybridized carbons (Fsp3) is 0.488. The lowest BCUT2D eigenvalue weighted by Gasteiger charge is -2.42. The number of aromatic nitrogens is 4. The average molecular weight is 803 g/mol. The van der Waals surface area contributed by atoms with Gasteiger partial charge in [0.25, 0.3) is 5.69 Å². The van der Waals surface area contributed by atoms with Gasteiger partial charge in [0.1, 0.15) is 24.0 Å². The molecule has 0 saturated carbocycles. The topological polar surface area (TPSA) is 133 Å². The van der Waals surface area contributed by atoms with E-state index < -0.39 is 8.32 Å². The summed E-state index contributed by atoms with van der Waals surface area (Å²) < 4.78 is 21.7. The number of thiophene rings is 1. The molecule has 13 nitrogen and oxygen atoms in total. The number of nitro groups is 1. The molecule has 0 fully saturated rings. The predicted octanol–water partition coefficient (Wildman–Crippen LogP) is 9.61. The number of fused-ring (bicyclic) bond motifs is 1. The molecule has 5 aromatic rings. The molecule has 1 N–H and O–H groups in total. The number of methoxy groups -OCH3 is 2. The molecule has 0 amide bonds. The Morgan fingerprint density at radius 1 is 0.964 bits per heavy atom. The number of anilines is 3. The van der Waals surface area contributed by atoms with Crippen LogP contribution in [0.15, 0.2) is 54.0 Å². The van der Waals surface area contributed by atoms with Gasteiger partial charge in [0.05, 0.1) is 34.8 Å². The van der Waals surface area contributed by atoms with Gasteiger partial charge < -0.3 is 33.6 Å². The van der Waals surface area contributed by atoms with Crippen LogP contribution in [0, 0.1) is 10.1 Å². The monoisotopic (exact) mass is 802 g/mol. The zero-order valence-electron chi connectivity index (χ0n) is 34.8. The standard InChI is InChI=1S/C41H58N8O5SSi/c1-27(2)56(28(3)4,29(5)6)54-21-12-13-38-45-39(31-15-14-30-17-22-55-37(30)23-31)40(48(38)26-52-10)32-16-18-42-41(43-32)44-33-24-35(49(50)51)34(25-36(33)53-11)47(9)20-19-46(7)8/h14-18,22-25,27-29H,12-13,19-21,26H2,1-11H3,(H,42,43,44). The molecule has 302 valence electrons. The zero-order chi connectivity index (χ0) is 40.7. The Morgan fingerprint density at radius 2 is 1.70 bits per heavy atom. The molecule has 0 aliphatic rings. The third-order valence-corrected chi connectivity index (χ3v) is 17.6. The zero-order valence-corrected chi connectivity index (χ0v) is 36.6. The van der Waals surface area contributed by atoms with Gasteiger partial charge in [-0.2, -0.15) is 0 Å². The van der Waals surface area contributed by atoms with E-state index in [1.807, 2.05) is 37.0 Å². The fourth-order valence-corrected chi connectivity index (χ4v) is 14.2. The quantitative estimate of drug-likeness (QED) is 0.0349. The third kappa shape index (κ3) is 9.23. The maximum atomic E-state index is 12.3. The van der Waals surface area contributed by atoms with E-state index in [-0.39, 0.29) is 23.3 Å². The minimum atomic E-state index is -2.02. The summed E-state index contributed by atoms with van der Waals surface area (Å²) in [6, 6.07) is 13.5. The smallest absolute Gasteiger partial charge is 0.294 e. The molecule has 2 aromatic carbocycles. The van der Waals surface area contributed by atoms with Crippen molar-refractivity contribution in [1.29, 1.82) is 0 Å². The number of imidazole rings is 1. The van der Waals surface area contributed by atoms with Crippen LogP contribution in [-0.2, 0) is 22.3 Å². The molecule has 0 unspecified atom stereocenters. The number of benzene rings is 2. The minimum Gasteiger partial charge on any atom is -0.494 e. The summed E-state index contributed by atoms with van der Waals surface area (Å²) in [5.74, 6) is 1.55. The van der Waals surface area contributed by atoms with Crippen molar-refractivity contribution in [3.63, 3.8) is 0 Å². The van der Waals surface area contributed by atoms with E-state index in [2.05, 4.69) is 86.1 Å². The van der Waals surface area contributed by atoms with Gasteiger partial charge in [0.2, 0.25) is 5.95 Å². The maximum absolute atomic E-state index is 12.3. The van der Waals surface area contributed by atoms with E-state index in [9.17, 15) is 10.1 Å². The van der Waals surface area contributed by atoms with E-state index in [4.69, 9.17) is 23.9 Å². The Labute approximate surface area is 336 Å². The number of likely N-dealkylation sites (N-methyl/N-ethyl adjacent to an activating group) is 2. The molecular weight excluding hydrogens is 745 g/mol. The number of hydrogen-bond donors (Lipinski definition) is 1. The van der Waals surface area contributed by atoms with Crippen molar-refractivity contribution in [2.24, 2.45) is 0 Å². The SMILES string of the molecule is COCn1c(CCCO[Si](C(C)C)(C(C)C)C(C)C)nc(-c2ccc3ccsc3c2)c1-c1ccnc(Nc2cc([N+](=O)[O-])c(N(C)CCN(C)C)cc2OC)n1. The summed E-state index contributed by atoms with van der Waals surface area (Å²) in [6.45, 7) is 16.1. The van der Waals surface area contributed by atoms with Gasteiger partial charge in [-0.15, -0.1) is 11.3 Å². The fourth-order valence-electron chi connectivity index (χ4n) is 7.92. The average Bonchev–Trinajstić information content (AvgIpc) is 3.77. The van der Waals surface area contributed by atoms with Gasteiger partial charge >= 0.3 is 0 Å². The van der Waals surface area contributed by atoms with Crippen molar-refractivity contribution >= 4 is 52.8 Å². The summed E-state index contributed by atoms with van der Waals surface area (Å²) in [5.41, 5.74) is 5.43. The van der Waals surface area contributed by atoms with E-state index >= 15 is 0 Å². The Bertz CT molecular complexity index is 2080. The molecule has 15 heteroatoms. The van der Waals surface area contributed by atoms with E-state index in [1.165, 1.54) is 18.6 Å².